The van der Waals surface area contributed by atoms with Crippen molar-refractivity contribution in [1.82, 2.24) is 5.01 Å². The lowest BCUT2D eigenvalue weighted by atomic mass is 10.1. The quantitative estimate of drug-likeness (QED) is 0.527. The highest BCUT2D eigenvalue weighted by Crippen LogP contribution is 2.23. The van der Waals surface area contributed by atoms with E-state index in [0.717, 1.165) is 10.6 Å². The molecule has 1 saturated heterocycles. The van der Waals surface area contributed by atoms with E-state index in [0.29, 0.717) is 23.0 Å². The van der Waals surface area contributed by atoms with Crippen molar-refractivity contribution in [3.05, 3.63) is 45.8 Å². The number of hydrazone groups is 1. The Bertz CT molecular complexity index is 1230. The van der Waals surface area contributed by atoms with E-state index in [1.807, 2.05) is 13.0 Å². The summed E-state index contributed by atoms with van der Waals surface area (Å²) in [7, 11) is -3.20. The van der Waals surface area contributed by atoms with Crippen molar-refractivity contribution in [2.24, 2.45) is 5.10 Å². The lowest BCUT2D eigenvalue weighted by Gasteiger charge is -2.27. The number of sulfone groups is 1. The van der Waals surface area contributed by atoms with Gasteiger partial charge in [0.05, 0.1) is 17.5 Å². The normalized spacial score (nSPS) is 21.0. The van der Waals surface area contributed by atoms with E-state index in [1.54, 1.807) is 12.1 Å². The monoisotopic (exact) mass is 432 g/mol. The van der Waals surface area contributed by atoms with Gasteiger partial charge in [-0.25, -0.2) is 23.0 Å². The lowest BCUT2D eigenvalue weighted by molar-refractivity contribution is -0.138. The van der Waals surface area contributed by atoms with Crippen LogP contribution in [0.25, 0.3) is 11.0 Å². The van der Waals surface area contributed by atoms with Crippen LogP contribution in [0.15, 0.2) is 38.6 Å². The van der Waals surface area contributed by atoms with Gasteiger partial charge in [0.25, 0.3) is 0 Å². The third-order valence-corrected chi connectivity index (χ3v) is 6.94. The average molecular weight is 432 g/mol. The fraction of sp³-hybridized carbons (Fsp3) is 0.400. The molecular weight excluding hydrogens is 412 g/mol. The van der Waals surface area contributed by atoms with Crippen LogP contribution in [-0.2, 0) is 30.8 Å². The molecule has 0 saturated carbocycles. The molecule has 0 aliphatic carbocycles. The number of carbonyl (C=O) groups is 2. The zero-order valence-electron chi connectivity index (χ0n) is 16.3. The Morgan fingerprint density at radius 2 is 2.07 bits per heavy atom. The van der Waals surface area contributed by atoms with Gasteiger partial charge < -0.3 is 9.15 Å². The summed E-state index contributed by atoms with van der Waals surface area (Å²) in [6, 6.07) is 6.09. The van der Waals surface area contributed by atoms with E-state index >= 15 is 0 Å². The number of amides is 1. The van der Waals surface area contributed by atoms with Gasteiger partial charge in [0.2, 0.25) is 5.91 Å². The van der Waals surface area contributed by atoms with Crippen LogP contribution in [0.1, 0.15) is 30.4 Å². The van der Waals surface area contributed by atoms with Crippen molar-refractivity contribution in [2.45, 2.75) is 38.8 Å². The van der Waals surface area contributed by atoms with E-state index in [-0.39, 0.29) is 42.6 Å². The van der Waals surface area contributed by atoms with Gasteiger partial charge in [0, 0.05) is 29.9 Å². The van der Waals surface area contributed by atoms with Crippen molar-refractivity contribution in [3.63, 3.8) is 0 Å². The Labute approximate surface area is 172 Å². The molecule has 1 unspecified atom stereocenters. The Morgan fingerprint density at radius 1 is 1.27 bits per heavy atom. The van der Waals surface area contributed by atoms with Gasteiger partial charge in [0.1, 0.15) is 17.9 Å². The number of ether oxygens (including phenoxy) is 1. The molecule has 1 fully saturated rings. The number of fused-ring (bicyclic) bond motifs is 1. The molecule has 2 aliphatic heterocycles. The van der Waals surface area contributed by atoms with Crippen molar-refractivity contribution in [1.29, 1.82) is 0 Å². The molecule has 1 amide bonds. The highest BCUT2D eigenvalue weighted by molar-refractivity contribution is 7.91. The first kappa shape index (κ1) is 20.3. The van der Waals surface area contributed by atoms with Crippen LogP contribution in [0.4, 0.5) is 0 Å². The zero-order chi connectivity index (χ0) is 21.5. The second kappa shape index (κ2) is 7.67. The fourth-order valence-corrected chi connectivity index (χ4v) is 5.35. The van der Waals surface area contributed by atoms with Crippen LogP contribution in [0.3, 0.4) is 0 Å². The van der Waals surface area contributed by atoms with Gasteiger partial charge in [-0.3, -0.25) is 4.79 Å². The minimum atomic E-state index is -3.20. The molecule has 10 heteroatoms. The van der Waals surface area contributed by atoms with Gasteiger partial charge in [-0.15, -0.1) is 0 Å². The van der Waals surface area contributed by atoms with Gasteiger partial charge in [0.15, 0.2) is 9.84 Å². The number of hydrogen-bond donors (Lipinski definition) is 0. The van der Waals surface area contributed by atoms with E-state index in [2.05, 4.69) is 5.10 Å². The first-order valence-corrected chi connectivity index (χ1v) is 11.3. The summed E-state index contributed by atoms with van der Waals surface area (Å²) in [4.78, 5) is 36.5. The van der Waals surface area contributed by atoms with Gasteiger partial charge in [-0.05, 0) is 25.0 Å². The van der Waals surface area contributed by atoms with E-state index in [4.69, 9.17) is 9.15 Å². The van der Waals surface area contributed by atoms with Crippen LogP contribution in [-0.4, -0.2) is 48.6 Å². The van der Waals surface area contributed by atoms with Crippen molar-refractivity contribution >= 4 is 38.4 Å². The number of hydrogen-bond acceptors (Lipinski definition) is 8. The fourth-order valence-electron chi connectivity index (χ4n) is 3.66. The van der Waals surface area contributed by atoms with Crippen molar-refractivity contribution < 1.29 is 27.2 Å². The zero-order valence-corrected chi connectivity index (χ0v) is 17.1. The second-order valence-electron chi connectivity index (χ2n) is 7.51. The third-order valence-electron chi connectivity index (χ3n) is 5.19. The van der Waals surface area contributed by atoms with Gasteiger partial charge in [-0.2, -0.15) is 5.10 Å². The Balaban J connectivity index is 1.52. The summed E-state index contributed by atoms with van der Waals surface area (Å²) >= 11 is 0. The van der Waals surface area contributed by atoms with Crippen LogP contribution >= 0.6 is 0 Å². The van der Waals surface area contributed by atoms with Crippen molar-refractivity contribution in [3.8, 4) is 0 Å². The highest BCUT2D eigenvalue weighted by atomic mass is 32.2. The number of rotatable bonds is 4. The number of benzene rings is 1. The maximum absolute atomic E-state index is 12.5. The number of carbonyl (C=O) groups excluding carboxylic acids is 2. The lowest BCUT2D eigenvalue weighted by Crippen LogP contribution is -2.42. The number of esters is 1. The van der Waals surface area contributed by atoms with Crippen molar-refractivity contribution in [2.75, 3.05) is 11.5 Å². The number of nitrogens with zero attached hydrogens (tertiary/aromatic N) is 2. The summed E-state index contributed by atoms with van der Waals surface area (Å²) in [5.74, 6) is -1.17. The number of aryl methyl sites for hydroxylation is 1. The first-order chi connectivity index (χ1) is 14.2. The molecule has 158 valence electrons. The van der Waals surface area contributed by atoms with Gasteiger partial charge in [-0.1, -0.05) is 12.1 Å². The van der Waals surface area contributed by atoms with Crippen LogP contribution in [0.2, 0.25) is 0 Å². The summed E-state index contributed by atoms with van der Waals surface area (Å²) in [5.41, 5.74) is 1.34. The molecule has 2 aliphatic rings. The van der Waals surface area contributed by atoms with E-state index < -0.39 is 27.5 Å². The van der Waals surface area contributed by atoms with Crippen LogP contribution in [0.5, 0.6) is 0 Å². The standard InChI is InChI=1S/C20H20N2O7S/c1-12-2-3-15-13(9-19(24)29-17(15)8-12)10-28-20(25)16-4-5-18(23)22(21-16)14-6-7-30(26,27)11-14/h2-3,8-9,14H,4-7,10-11H2,1H3. The molecule has 0 N–H and O–H groups in total. The molecule has 30 heavy (non-hydrogen) atoms. The minimum absolute atomic E-state index is 0.000115. The second-order valence-corrected chi connectivity index (χ2v) is 9.74. The Hall–Kier alpha value is -3.01. The predicted octanol–water partition coefficient (Wildman–Crippen LogP) is 1.31. The summed E-state index contributed by atoms with van der Waals surface area (Å²) in [6.45, 7) is 1.71. The average Bonchev–Trinajstić information content (AvgIpc) is 3.05. The van der Waals surface area contributed by atoms with Crippen LogP contribution in [0, 0.1) is 6.92 Å². The smallest absolute Gasteiger partial charge is 0.354 e. The molecule has 1 aromatic carbocycles. The SMILES string of the molecule is Cc1ccc2c(COC(=O)C3=NN(C4CCS(=O)(=O)C4)C(=O)CC3)cc(=O)oc2c1. The van der Waals surface area contributed by atoms with Crippen LogP contribution < -0.4 is 5.63 Å². The maximum atomic E-state index is 12.5. The molecule has 4 rings (SSSR count). The molecule has 0 bridgehead atoms. The van der Waals surface area contributed by atoms with E-state index in [9.17, 15) is 22.8 Å². The summed E-state index contributed by atoms with van der Waals surface area (Å²) < 4.78 is 34.0. The predicted molar refractivity (Wildman–Crippen MR) is 108 cm³/mol. The Kier molecular flexibility index (Phi) is 5.19. The highest BCUT2D eigenvalue weighted by Gasteiger charge is 2.37. The summed E-state index contributed by atoms with van der Waals surface area (Å²) in [6.07, 6.45) is 0.469. The van der Waals surface area contributed by atoms with E-state index in [1.165, 1.54) is 6.07 Å². The molecule has 1 aromatic heterocycles. The largest absolute Gasteiger partial charge is 0.456 e. The third kappa shape index (κ3) is 4.13. The Morgan fingerprint density at radius 3 is 2.80 bits per heavy atom. The molecule has 0 spiro atoms. The minimum Gasteiger partial charge on any atom is -0.456 e. The molecule has 2 aromatic rings. The topological polar surface area (TPSA) is 123 Å². The molecular formula is C20H20N2O7S. The molecule has 0 radical (unpaired) electrons. The van der Waals surface area contributed by atoms with Gasteiger partial charge >= 0.3 is 11.6 Å². The maximum Gasteiger partial charge on any atom is 0.354 e. The molecule has 3 heterocycles. The molecule has 1 atom stereocenters. The molecule has 9 nitrogen and oxygen atoms in total. The first-order valence-electron chi connectivity index (χ1n) is 9.52. The summed E-state index contributed by atoms with van der Waals surface area (Å²) in [5, 5.41) is 5.87.